The average molecular weight is 229 g/mol. The average Bonchev–Trinajstić information content (AvgIpc) is 2.36. The number of likely N-dealkylation sites (N-methyl/N-ethyl adjacent to an activating group) is 1. The summed E-state index contributed by atoms with van der Waals surface area (Å²) in [6.45, 7) is 10.9. The lowest BCUT2D eigenvalue weighted by atomic mass is 10.2. The summed E-state index contributed by atoms with van der Waals surface area (Å²) in [4.78, 5) is 4.73. The van der Waals surface area contributed by atoms with E-state index in [9.17, 15) is 0 Å². The molecule has 0 atom stereocenters. The standard InChI is InChI=1S/C14H15NS/c1-4-11-13(5-2)16-14-10-8-7-9-12(14)15(11)6-3/h4-5,7-10H,1-2,6H2,3H3. The first-order chi connectivity index (χ1) is 7.81. The molecule has 16 heavy (non-hydrogen) atoms. The highest BCUT2D eigenvalue weighted by molar-refractivity contribution is 8.03. The van der Waals surface area contributed by atoms with E-state index in [1.54, 1.807) is 11.8 Å². The minimum atomic E-state index is 0.941. The quantitative estimate of drug-likeness (QED) is 0.764. The zero-order valence-electron chi connectivity index (χ0n) is 9.44. The third-order valence-corrected chi connectivity index (χ3v) is 3.78. The van der Waals surface area contributed by atoms with Crippen LogP contribution in [0, 0.1) is 0 Å². The highest BCUT2D eigenvalue weighted by Crippen LogP contribution is 2.43. The fourth-order valence-electron chi connectivity index (χ4n) is 1.90. The Bertz CT molecular complexity index is 460. The van der Waals surface area contributed by atoms with Gasteiger partial charge in [0.2, 0.25) is 0 Å². The summed E-state index contributed by atoms with van der Waals surface area (Å²) in [6, 6.07) is 8.43. The van der Waals surface area contributed by atoms with Crippen LogP contribution in [0.3, 0.4) is 0 Å². The minimum Gasteiger partial charge on any atom is -0.340 e. The van der Waals surface area contributed by atoms with Crippen LogP contribution in [0.15, 0.2) is 65.1 Å². The molecular weight excluding hydrogens is 214 g/mol. The van der Waals surface area contributed by atoms with Gasteiger partial charge in [-0.1, -0.05) is 43.1 Å². The highest BCUT2D eigenvalue weighted by atomic mass is 32.2. The Morgan fingerprint density at radius 3 is 2.62 bits per heavy atom. The minimum absolute atomic E-state index is 0.941. The van der Waals surface area contributed by atoms with E-state index in [2.05, 4.69) is 49.2 Å². The van der Waals surface area contributed by atoms with E-state index < -0.39 is 0 Å². The number of hydrogen-bond acceptors (Lipinski definition) is 2. The molecule has 0 saturated heterocycles. The van der Waals surface area contributed by atoms with E-state index in [-0.39, 0.29) is 0 Å². The van der Waals surface area contributed by atoms with Crippen LogP contribution in [-0.2, 0) is 0 Å². The second kappa shape index (κ2) is 4.62. The Labute approximate surface area is 101 Å². The number of anilines is 1. The molecule has 0 bridgehead atoms. The van der Waals surface area contributed by atoms with Gasteiger partial charge in [-0.15, -0.1) is 0 Å². The van der Waals surface area contributed by atoms with Crippen LogP contribution in [0.1, 0.15) is 6.92 Å². The second-order valence-electron chi connectivity index (χ2n) is 3.47. The molecule has 0 spiro atoms. The van der Waals surface area contributed by atoms with Crippen molar-refractivity contribution in [1.29, 1.82) is 0 Å². The molecule has 0 saturated carbocycles. The van der Waals surface area contributed by atoms with Crippen LogP contribution in [0.5, 0.6) is 0 Å². The number of nitrogens with zero attached hydrogens (tertiary/aromatic N) is 1. The molecular formula is C14H15NS. The largest absolute Gasteiger partial charge is 0.340 e. The summed E-state index contributed by atoms with van der Waals surface area (Å²) >= 11 is 1.76. The topological polar surface area (TPSA) is 3.24 Å². The molecule has 1 aliphatic heterocycles. The Hall–Kier alpha value is -1.41. The van der Waals surface area contributed by atoms with Gasteiger partial charge in [0.15, 0.2) is 0 Å². The molecule has 0 amide bonds. The SMILES string of the molecule is C=CC1=C(C=C)N(CC)c2ccccc2S1. The molecule has 2 heteroatoms. The number of fused-ring (bicyclic) bond motifs is 1. The first-order valence-electron chi connectivity index (χ1n) is 5.35. The lowest BCUT2D eigenvalue weighted by Gasteiger charge is -2.32. The van der Waals surface area contributed by atoms with Crippen LogP contribution in [0.25, 0.3) is 0 Å². The maximum Gasteiger partial charge on any atom is 0.0552 e. The van der Waals surface area contributed by atoms with Crippen LogP contribution in [0.4, 0.5) is 5.69 Å². The van der Waals surface area contributed by atoms with Crippen molar-refractivity contribution in [3.05, 3.63) is 60.2 Å². The van der Waals surface area contributed by atoms with E-state index >= 15 is 0 Å². The van der Waals surface area contributed by atoms with E-state index in [1.165, 1.54) is 15.5 Å². The molecule has 1 aromatic carbocycles. The molecule has 1 aliphatic rings. The first kappa shape index (κ1) is 11.1. The van der Waals surface area contributed by atoms with Gasteiger partial charge in [-0.25, -0.2) is 0 Å². The van der Waals surface area contributed by atoms with Crippen LogP contribution < -0.4 is 4.90 Å². The Morgan fingerprint density at radius 2 is 2.00 bits per heavy atom. The summed E-state index contributed by atoms with van der Waals surface area (Å²) in [5.41, 5.74) is 2.41. The predicted octanol–water partition coefficient (Wildman–Crippen LogP) is 4.20. The van der Waals surface area contributed by atoms with Crippen molar-refractivity contribution >= 4 is 17.4 Å². The van der Waals surface area contributed by atoms with Gasteiger partial charge in [0.1, 0.15) is 0 Å². The third kappa shape index (κ3) is 1.69. The molecule has 82 valence electrons. The number of thioether (sulfide) groups is 1. The molecule has 0 fully saturated rings. The van der Waals surface area contributed by atoms with Crippen molar-refractivity contribution in [3.8, 4) is 0 Å². The summed E-state index contributed by atoms with van der Waals surface area (Å²) in [7, 11) is 0. The number of hydrogen-bond donors (Lipinski definition) is 0. The molecule has 1 aromatic rings. The van der Waals surface area contributed by atoms with Gasteiger partial charge in [0.25, 0.3) is 0 Å². The van der Waals surface area contributed by atoms with Gasteiger partial charge in [0, 0.05) is 16.3 Å². The van der Waals surface area contributed by atoms with Gasteiger partial charge >= 0.3 is 0 Å². The number of allylic oxidation sites excluding steroid dienone is 2. The lowest BCUT2D eigenvalue weighted by molar-refractivity contribution is 0.955. The normalized spacial score (nSPS) is 14.7. The van der Waals surface area contributed by atoms with Crippen molar-refractivity contribution in [3.63, 3.8) is 0 Å². The van der Waals surface area contributed by atoms with E-state index in [4.69, 9.17) is 0 Å². The lowest BCUT2D eigenvalue weighted by Crippen LogP contribution is -2.24. The predicted molar refractivity (Wildman–Crippen MR) is 72.7 cm³/mol. The van der Waals surface area contributed by atoms with Crippen molar-refractivity contribution in [1.82, 2.24) is 0 Å². The van der Waals surface area contributed by atoms with Crippen molar-refractivity contribution in [2.75, 3.05) is 11.4 Å². The smallest absolute Gasteiger partial charge is 0.0552 e. The zero-order chi connectivity index (χ0) is 11.5. The Morgan fingerprint density at radius 1 is 1.25 bits per heavy atom. The fraction of sp³-hybridized carbons (Fsp3) is 0.143. The first-order valence-corrected chi connectivity index (χ1v) is 6.17. The van der Waals surface area contributed by atoms with Gasteiger partial charge in [-0.2, -0.15) is 0 Å². The van der Waals surface area contributed by atoms with Crippen molar-refractivity contribution in [2.24, 2.45) is 0 Å². The monoisotopic (exact) mass is 229 g/mol. The van der Waals surface area contributed by atoms with Gasteiger partial charge < -0.3 is 4.90 Å². The molecule has 0 aromatic heterocycles. The van der Waals surface area contributed by atoms with Gasteiger partial charge in [-0.3, -0.25) is 0 Å². The molecule has 0 aliphatic carbocycles. The summed E-state index contributed by atoms with van der Waals surface area (Å²) in [5, 5.41) is 0. The molecule has 0 N–H and O–H groups in total. The van der Waals surface area contributed by atoms with Crippen molar-refractivity contribution < 1.29 is 0 Å². The van der Waals surface area contributed by atoms with E-state index in [1.807, 2.05) is 12.2 Å². The summed E-state index contributed by atoms with van der Waals surface area (Å²) < 4.78 is 0. The number of para-hydroxylation sites is 1. The van der Waals surface area contributed by atoms with Crippen LogP contribution >= 0.6 is 11.8 Å². The molecule has 2 rings (SSSR count). The van der Waals surface area contributed by atoms with Crippen LogP contribution in [-0.4, -0.2) is 6.54 Å². The maximum atomic E-state index is 3.89. The zero-order valence-corrected chi connectivity index (χ0v) is 10.3. The second-order valence-corrected chi connectivity index (χ2v) is 4.56. The van der Waals surface area contributed by atoms with Gasteiger partial charge in [0.05, 0.1) is 11.4 Å². The van der Waals surface area contributed by atoms with Crippen molar-refractivity contribution in [2.45, 2.75) is 11.8 Å². The van der Waals surface area contributed by atoms with Crippen LogP contribution in [0.2, 0.25) is 0 Å². The maximum absolute atomic E-state index is 3.89. The highest BCUT2D eigenvalue weighted by Gasteiger charge is 2.20. The third-order valence-electron chi connectivity index (χ3n) is 2.61. The van der Waals surface area contributed by atoms with E-state index in [0.717, 1.165) is 12.2 Å². The summed E-state index contributed by atoms with van der Waals surface area (Å²) in [5.74, 6) is 0. The van der Waals surface area contributed by atoms with E-state index in [0.29, 0.717) is 0 Å². The number of rotatable bonds is 3. The molecule has 1 heterocycles. The summed E-state index contributed by atoms with van der Waals surface area (Å²) in [6.07, 6.45) is 3.81. The fourth-order valence-corrected chi connectivity index (χ4v) is 2.95. The number of benzene rings is 1. The molecule has 0 radical (unpaired) electrons. The Kier molecular flexibility index (Phi) is 3.20. The Balaban J connectivity index is 2.57. The van der Waals surface area contributed by atoms with Gasteiger partial charge in [-0.05, 0) is 25.1 Å². The molecule has 1 nitrogen and oxygen atoms in total. The molecule has 0 unspecified atom stereocenters.